The molecule has 4 N–H and O–H groups in total. The van der Waals surface area contributed by atoms with Crippen molar-refractivity contribution < 1.29 is 23.1 Å². The van der Waals surface area contributed by atoms with Gasteiger partial charge in [-0.05, 0) is 0 Å². The van der Waals surface area contributed by atoms with Gasteiger partial charge in [-0.1, -0.05) is 0 Å². The number of aliphatic hydroxyl groups is 1. The number of carbonyl (C=O) groups is 1. The van der Waals surface area contributed by atoms with Gasteiger partial charge in [0, 0.05) is 11.8 Å². The summed E-state index contributed by atoms with van der Waals surface area (Å²) >= 11 is 0. The molecule has 1 aromatic rings. The van der Waals surface area contributed by atoms with Crippen molar-refractivity contribution in [2.75, 3.05) is 6.54 Å². The van der Waals surface area contributed by atoms with E-state index in [9.17, 15) is 27.6 Å². The molecule has 106 valence electrons. The van der Waals surface area contributed by atoms with E-state index in [2.05, 4.69) is 4.98 Å². The fraction of sp³-hybridized carbons (Fsp3) is 0.444. The van der Waals surface area contributed by atoms with Crippen LogP contribution >= 0.6 is 0 Å². The maximum atomic E-state index is 11.9. The van der Waals surface area contributed by atoms with E-state index in [0.717, 1.165) is 6.07 Å². The number of hydrogen-bond acceptors (Lipinski definition) is 4. The van der Waals surface area contributed by atoms with Crippen LogP contribution in [0.25, 0.3) is 0 Å². The quantitative estimate of drug-likeness (QED) is 0.546. The van der Waals surface area contributed by atoms with Gasteiger partial charge in [0.15, 0.2) is 6.10 Å². The molecular formula is C9H10F3N3O4. The maximum absolute atomic E-state index is 11.9. The Hall–Kier alpha value is -2.10. The number of aromatic amines is 2. The molecule has 0 saturated heterocycles. The smallest absolute Gasteiger partial charge is 0.382 e. The molecular weight excluding hydrogens is 271 g/mol. The van der Waals surface area contributed by atoms with E-state index in [1.807, 2.05) is 10.3 Å². The number of amides is 1. The number of rotatable bonds is 4. The zero-order valence-corrected chi connectivity index (χ0v) is 9.37. The van der Waals surface area contributed by atoms with Crippen LogP contribution in [0.1, 0.15) is 5.69 Å². The van der Waals surface area contributed by atoms with Crippen molar-refractivity contribution in [1.29, 1.82) is 0 Å². The standard InChI is InChI=1S/C9H10F3N3O4/c10-9(11,12)5(16)3-13-6(17)1-4-2-7(18)15-8(19)14-4/h2,5,16H,1,3H2,(H,13,17)(H2,14,15,18,19). The van der Waals surface area contributed by atoms with Crippen molar-refractivity contribution in [2.45, 2.75) is 18.7 Å². The Morgan fingerprint density at radius 1 is 1.37 bits per heavy atom. The highest BCUT2D eigenvalue weighted by atomic mass is 19.4. The summed E-state index contributed by atoms with van der Waals surface area (Å²) in [5.74, 6) is -0.871. The van der Waals surface area contributed by atoms with E-state index < -0.39 is 42.4 Å². The molecule has 19 heavy (non-hydrogen) atoms. The lowest BCUT2D eigenvalue weighted by Gasteiger charge is -2.14. The van der Waals surface area contributed by atoms with Crippen LogP contribution < -0.4 is 16.6 Å². The van der Waals surface area contributed by atoms with Crippen LogP contribution in [-0.2, 0) is 11.2 Å². The highest BCUT2D eigenvalue weighted by molar-refractivity contribution is 5.78. The van der Waals surface area contributed by atoms with Crippen molar-refractivity contribution in [3.8, 4) is 0 Å². The lowest BCUT2D eigenvalue weighted by atomic mass is 10.2. The van der Waals surface area contributed by atoms with Crippen LogP contribution in [0, 0.1) is 0 Å². The molecule has 0 fully saturated rings. The number of hydrogen-bond donors (Lipinski definition) is 4. The molecule has 0 bridgehead atoms. The van der Waals surface area contributed by atoms with Crippen molar-refractivity contribution in [2.24, 2.45) is 0 Å². The summed E-state index contributed by atoms with van der Waals surface area (Å²) in [7, 11) is 0. The second-order valence-electron chi connectivity index (χ2n) is 3.65. The Labute approximate surface area is 103 Å². The second kappa shape index (κ2) is 5.69. The summed E-state index contributed by atoms with van der Waals surface area (Å²) in [6, 6.07) is 0.932. The van der Waals surface area contributed by atoms with Crippen LogP contribution in [0.15, 0.2) is 15.7 Å². The summed E-state index contributed by atoms with van der Waals surface area (Å²) < 4.78 is 35.8. The number of carbonyl (C=O) groups excluding carboxylic acids is 1. The fourth-order valence-corrected chi connectivity index (χ4v) is 1.18. The number of H-pyrrole nitrogens is 2. The summed E-state index contributed by atoms with van der Waals surface area (Å²) in [5.41, 5.74) is -1.61. The Balaban J connectivity index is 2.57. The first-order valence-corrected chi connectivity index (χ1v) is 5.02. The molecule has 0 spiro atoms. The topological polar surface area (TPSA) is 115 Å². The van der Waals surface area contributed by atoms with Gasteiger partial charge in [-0.25, -0.2) is 4.79 Å². The molecule has 0 aliphatic heterocycles. The molecule has 0 radical (unpaired) electrons. The normalized spacial score (nSPS) is 13.1. The summed E-state index contributed by atoms with van der Waals surface area (Å²) in [5, 5.41) is 10.5. The van der Waals surface area contributed by atoms with Crippen LogP contribution in [0.2, 0.25) is 0 Å². The lowest BCUT2D eigenvalue weighted by Crippen LogP contribution is -2.41. The molecule has 1 rings (SSSR count). The Kier molecular flexibility index (Phi) is 4.48. The summed E-state index contributed by atoms with van der Waals surface area (Å²) in [6.07, 6.45) is -7.98. The molecule has 0 aliphatic rings. The van der Waals surface area contributed by atoms with Gasteiger partial charge >= 0.3 is 11.9 Å². The third kappa shape index (κ3) is 4.95. The fourth-order valence-electron chi connectivity index (χ4n) is 1.18. The summed E-state index contributed by atoms with van der Waals surface area (Å²) in [4.78, 5) is 37.0. The Morgan fingerprint density at radius 2 is 2.00 bits per heavy atom. The van der Waals surface area contributed by atoms with Crippen LogP contribution in [-0.4, -0.2) is 39.8 Å². The van der Waals surface area contributed by atoms with E-state index in [1.54, 1.807) is 0 Å². The maximum Gasteiger partial charge on any atom is 0.416 e. The predicted molar refractivity (Wildman–Crippen MR) is 56.5 cm³/mol. The highest BCUT2D eigenvalue weighted by Crippen LogP contribution is 2.19. The van der Waals surface area contributed by atoms with Crippen LogP contribution in [0.4, 0.5) is 13.2 Å². The lowest BCUT2D eigenvalue weighted by molar-refractivity contribution is -0.201. The number of aromatic nitrogens is 2. The van der Waals surface area contributed by atoms with E-state index in [0.29, 0.717) is 0 Å². The molecule has 0 saturated carbocycles. The van der Waals surface area contributed by atoms with Crippen LogP contribution in [0.3, 0.4) is 0 Å². The molecule has 1 amide bonds. The predicted octanol–water partition coefficient (Wildman–Crippen LogP) is -1.35. The second-order valence-corrected chi connectivity index (χ2v) is 3.65. The first-order chi connectivity index (χ1) is 8.68. The summed E-state index contributed by atoms with van der Waals surface area (Å²) in [6.45, 7) is -1.00. The van der Waals surface area contributed by atoms with Gasteiger partial charge in [0.25, 0.3) is 5.56 Å². The minimum atomic E-state index is -4.83. The van der Waals surface area contributed by atoms with Gasteiger partial charge in [0.05, 0.1) is 13.0 Å². The van der Waals surface area contributed by atoms with E-state index >= 15 is 0 Å². The molecule has 1 atom stereocenters. The van der Waals surface area contributed by atoms with Gasteiger partial charge in [0.2, 0.25) is 5.91 Å². The molecule has 10 heteroatoms. The minimum absolute atomic E-state index is 0.0484. The van der Waals surface area contributed by atoms with Crippen molar-refractivity contribution >= 4 is 5.91 Å². The Bertz CT molecular complexity index is 535. The number of halogens is 3. The van der Waals surface area contributed by atoms with Crippen LogP contribution in [0.5, 0.6) is 0 Å². The first-order valence-electron chi connectivity index (χ1n) is 5.02. The average Bonchev–Trinajstić information content (AvgIpc) is 2.22. The first kappa shape index (κ1) is 15.0. The highest BCUT2D eigenvalue weighted by Gasteiger charge is 2.38. The van der Waals surface area contributed by atoms with Gasteiger partial charge < -0.3 is 15.4 Å². The number of aliphatic hydroxyl groups excluding tert-OH is 1. The van der Waals surface area contributed by atoms with E-state index in [4.69, 9.17) is 5.11 Å². The van der Waals surface area contributed by atoms with Crippen molar-refractivity contribution in [3.05, 3.63) is 32.6 Å². The van der Waals surface area contributed by atoms with E-state index in [1.165, 1.54) is 0 Å². The SMILES string of the molecule is O=C(Cc1cc(=O)[nH]c(=O)[nH]1)NCC(O)C(F)(F)F. The number of nitrogens with one attached hydrogen (secondary N) is 3. The molecule has 1 unspecified atom stereocenters. The molecule has 0 aromatic carbocycles. The zero-order chi connectivity index (χ0) is 14.6. The monoisotopic (exact) mass is 281 g/mol. The van der Waals surface area contributed by atoms with Gasteiger partial charge in [-0.2, -0.15) is 13.2 Å². The average molecular weight is 281 g/mol. The van der Waals surface area contributed by atoms with Gasteiger partial charge in [-0.15, -0.1) is 0 Å². The number of alkyl halides is 3. The minimum Gasteiger partial charge on any atom is -0.382 e. The van der Waals surface area contributed by atoms with E-state index in [-0.39, 0.29) is 5.69 Å². The molecule has 1 aromatic heterocycles. The Morgan fingerprint density at radius 3 is 2.53 bits per heavy atom. The van der Waals surface area contributed by atoms with Gasteiger partial charge in [0.1, 0.15) is 0 Å². The zero-order valence-electron chi connectivity index (χ0n) is 9.37. The third-order valence-corrected chi connectivity index (χ3v) is 2.04. The molecule has 0 aliphatic carbocycles. The van der Waals surface area contributed by atoms with Gasteiger partial charge in [-0.3, -0.25) is 14.6 Å². The van der Waals surface area contributed by atoms with Crippen molar-refractivity contribution in [3.63, 3.8) is 0 Å². The third-order valence-electron chi connectivity index (χ3n) is 2.04. The molecule has 7 nitrogen and oxygen atoms in total. The van der Waals surface area contributed by atoms with Crippen molar-refractivity contribution in [1.82, 2.24) is 15.3 Å². The molecule has 1 heterocycles. The largest absolute Gasteiger partial charge is 0.416 e.